The minimum Gasteiger partial charge on any atom is -0.310 e. The molecule has 0 unspecified atom stereocenters. The molecule has 6 nitrogen and oxygen atoms in total. The first kappa shape index (κ1) is 30.6. The Kier molecular flexibility index (Phi) is 7.75. The molecule has 2 aromatic heterocycles. The van der Waals surface area contributed by atoms with Crippen molar-refractivity contribution in [3.63, 3.8) is 0 Å². The number of nitrogens with zero attached hydrogens (tertiary/aromatic N) is 3. The Balaban J connectivity index is 1.16. The quantitative estimate of drug-likeness (QED) is 0.175. The molecule has 1 N–H and O–H groups in total. The van der Waals surface area contributed by atoms with Crippen LogP contribution in [0.3, 0.4) is 0 Å². The molecule has 248 valence electrons. The van der Waals surface area contributed by atoms with Crippen molar-refractivity contribution in [1.29, 1.82) is 0 Å². The maximum Gasteiger partial charge on any atom is 0.258 e. The summed E-state index contributed by atoms with van der Waals surface area (Å²) in [6.45, 7) is 0. The van der Waals surface area contributed by atoms with E-state index in [-0.39, 0.29) is 28.0 Å². The van der Waals surface area contributed by atoms with Gasteiger partial charge in [-0.15, -0.1) is 0 Å². The van der Waals surface area contributed by atoms with Crippen LogP contribution in [0.5, 0.6) is 0 Å². The van der Waals surface area contributed by atoms with Crippen LogP contribution in [0.15, 0.2) is 63.3 Å². The van der Waals surface area contributed by atoms with Crippen LogP contribution in [0, 0.1) is 0 Å². The Hall–Kier alpha value is -3.45. The summed E-state index contributed by atoms with van der Waals surface area (Å²) in [5.41, 5.74) is 8.44. The summed E-state index contributed by atoms with van der Waals surface area (Å²) in [5.74, 6) is 1.13. The lowest BCUT2D eigenvalue weighted by Gasteiger charge is -2.42. The van der Waals surface area contributed by atoms with Gasteiger partial charge in [-0.05, 0) is 62.5 Å². The Bertz CT molecular complexity index is 1990. The summed E-state index contributed by atoms with van der Waals surface area (Å²) in [5, 5.41) is 0.776. The van der Waals surface area contributed by atoms with Gasteiger partial charge in [0.1, 0.15) is 5.82 Å². The van der Waals surface area contributed by atoms with E-state index in [1.165, 1.54) is 43.2 Å². The maximum atomic E-state index is 15.0. The number of hydrogen-bond acceptors (Lipinski definition) is 5. The fourth-order valence-electron chi connectivity index (χ4n) is 10.4. The van der Waals surface area contributed by atoms with Gasteiger partial charge in [0.2, 0.25) is 0 Å². The Morgan fingerprint density at radius 2 is 1.23 bits per heavy atom. The lowest BCUT2D eigenvalue weighted by atomic mass is 9.62. The van der Waals surface area contributed by atoms with Crippen LogP contribution in [-0.4, -0.2) is 19.5 Å². The predicted molar refractivity (Wildman–Crippen MR) is 193 cm³/mol. The zero-order valence-electron chi connectivity index (χ0n) is 28.0. The summed E-state index contributed by atoms with van der Waals surface area (Å²) in [6.07, 6.45) is 18.8. The average molecular weight is 659 g/mol. The standard InChI is InChI=1S/C41H46N4O2S/c46-37-33-35(30-18-8-6-14-27(30)24-40(33)20-10-2-11-21-40)42-32(43-37)26-48-39-44-36-31-19-9-7-15-28(31)25-41(22-12-3-13-23-41)34(36)38(47)45(39)29-16-4-1-5-17-29/h6-9,14-15,18-19,29H,1-5,10-13,16-17,20-26H2,(H,42,43,46). The molecule has 7 heteroatoms. The van der Waals surface area contributed by atoms with Crippen LogP contribution < -0.4 is 11.1 Å². The smallest absolute Gasteiger partial charge is 0.258 e. The summed E-state index contributed by atoms with van der Waals surface area (Å²) < 4.78 is 2.09. The SMILES string of the molecule is O=c1[nH]c(CSc2nc3c(c(=O)n2C2CCCCC2)C2(CCCCC2)Cc2ccccc2-3)nc2c1C1(CCCCC1)Cc1ccccc1-2. The van der Waals surface area contributed by atoms with Crippen LogP contribution >= 0.6 is 11.8 Å². The van der Waals surface area contributed by atoms with Crippen molar-refractivity contribution in [3.05, 3.63) is 97.3 Å². The molecule has 3 saturated carbocycles. The van der Waals surface area contributed by atoms with Crippen molar-refractivity contribution in [3.8, 4) is 22.5 Å². The molecule has 5 aliphatic carbocycles. The largest absolute Gasteiger partial charge is 0.310 e. The fraction of sp³-hybridized carbons (Fsp3) is 0.512. The highest BCUT2D eigenvalue weighted by molar-refractivity contribution is 7.98. The molecule has 48 heavy (non-hydrogen) atoms. The van der Waals surface area contributed by atoms with Gasteiger partial charge in [0, 0.05) is 28.0 Å². The summed E-state index contributed by atoms with van der Waals surface area (Å²) in [4.78, 5) is 43.1. The van der Waals surface area contributed by atoms with Gasteiger partial charge in [-0.1, -0.05) is 118 Å². The van der Waals surface area contributed by atoms with Crippen molar-refractivity contribution >= 4 is 11.8 Å². The molecule has 0 aliphatic heterocycles. The first-order valence-corrected chi connectivity index (χ1v) is 19.6. The molecule has 2 heterocycles. The molecular weight excluding hydrogens is 613 g/mol. The van der Waals surface area contributed by atoms with Gasteiger partial charge in [0.05, 0.1) is 28.3 Å². The number of thioether (sulfide) groups is 1. The van der Waals surface area contributed by atoms with E-state index in [0.717, 1.165) is 116 Å². The molecule has 3 fully saturated rings. The minimum absolute atomic E-state index is 0.0169. The van der Waals surface area contributed by atoms with E-state index < -0.39 is 0 Å². The molecule has 5 aliphatic rings. The highest BCUT2D eigenvalue weighted by atomic mass is 32.2. The van der Waals surface area contributed by atoms with Crippen LogP contribution in [0.25, 0.3) is 22.5 Å². The first-order valence-electron chi connectivity index (χ1n) is 18.7. The molecule has 0 atom stereocenters. The van der Waals surface area contributed by atoms with Gasteiger partial charge < -0.3 is 4.98 Å². The number of aromatic amines is 1. The molecular formula is C41H46N4O2S. The third-order valence-corrected chi connectivity index (χ3v) is 13.6. The third kappa shape index (κ3) is 4.97. The van der Waals surface area contributed by atoms with Crippen molar-refractivity contribution in [2.45, 2.75) is 137 Å². The third-order valence-electron chi connectivity index (χ3n) is 12.6. The molecule has 9 rings (SSSR count). The van der Waals surface area contributed by atoms with Crippen LogP contribution in [0.4, 0.5) is 0 Å². The molecule has 0 radical (unpaired) electrons. The number of nitrogens with one attached hydrogen (secondary N) is 1. The second kappa shape index (κ2) is 12.2. The fourth-order valence-corrected chi connectivity index (χ4v) is 11.3. The molecule has 0 amide bonds. The van der Waals surface area contributed by atoms with E-state index in [1.807, 2.05) is 0 Å². The van der Waals surface area contributed by atoms with Crippen molar-refractivity contribution in [2.24, 2.45) is 0 Å². The number of H-pyrrole nitrogens is 1. The van der Waals surface area contributed by atoms with Gasteiger partial charge in [-0.3, -0.25) is 14.2 Å². The van der Waals surface area contributed by atoms with E-state index in [4.69, 9.17) is 9.97 Å². The highest BCUT2D eigenvalue weighted by Crippen LogP contribution is 2.50. The number of benzene rings is 2. The molecule has 2 aromatic carbocycles. The molecule has 4 aromatic rings. The lowest BCUT2D eigenvalue weighted by molar-refractivity contribution is 0.273. The van der Waals surface area contributed by atoms with Crippen molar-refractivity contribution < 1.29 is 0 Å². The Morgan fingerprint density at radius 3 is 1.85 bits per heavy atom. The van der Waals surface area contributed by atoms with Gasteiger partial charge >= 0.3 is 0 Å². The second-order valence-corrected chi connectivity index (χ2v) is 16.4. The predicted octanol–water partition coefficient (Wildman–Crippen LogP) is 8.97. The first-order chi connectivity index (χ1) is 23.6. The van der Waals surface area contributed by atoms with Gasteiger partial charge in [-0.25, -0.2) is 9.97 Å². The normalized spacial score (nSPS) is 20.9. The molecule has 2 spiro atoms. The van der Waals surface area contributed by atoms with Crippen LogP contribution in [0.2, 0.25) is 0 Å². The maximum absolute atomic E-state index is 15.0. The van der Waals surface area contributed by atoms with E-state index in [9.17, 15) is 4.79 Å². The van der Waals surface area contributed by atoms with E-state index >= 15 is 4.79 Å². The second-order valence-electron chi connectivity index (χ2n) is 15.5. The van der Waals surface area contributed by atoms with Gasteiger partial charge in [0.25, 0.3) is 11.1 Å². The molecule has 0 bridgehead atoms. The van der Waals surface area contributed by atoms with E-state index in [2.05, 4.69) is 58.1 Å². The average Bonchev–Trinajstić information content (AvgIpc) is 3.11. The number of aromatic nitrogens is 4. The van der Waals surface area contributed by atoms with Crippen molar-refractivity contribution in [1.82, 2.24) is 19.5 Å². The lowest BCUT2D eigenvalue weighted by Crippen LogP contribution is -2.44. The van der Waals surface area contributed by atoms with E-state index in [0.29, 0.717) is 11.6 Å². The van der Waals surface area contributed by atoms with Gasteiger partial charge in [-0.2, -0.15) is 0 Å². The van der Waals surface area contributed by atoms with Gasteiger partial charge in [0.15, 0.2) is 5.16 Å². The number of fused-ring (bicyclic) bond motifs is 8. The van der Waals surface area contributed by atoms with E-state index in [1.54, 1.807) is 11.8 Å². The zero-order valence-corrected chi connectivity index (χ0v) is 28.8. The number of hydrogen-bond donors (Lipinski definition) is 1. The topological polar surface area (TPSA) is 80.6 Å². The molecule has 0 saturated heterocycles. The summed E-state index contributed by atoms with van der Waals surface area (Å²) in [6, 6.07) is 17.3. The van der Waals surface area contributed by atoms with Crippen LogP contribution in [-0.2, 0) is 29.4 Å². The highest BCUT2D eigenvalue weighted by Gasteiger charge is 2.45. The minimum atomic E-state index is -0.127. The summed E-state index contributed by atoms with van der Waals surface area (Å²) in [7, 11) is 0. The van der Waals surface area contributed by atoms with Crippen LogP contribution in [0.1, 0.15) is 130 Å². The zero-order chi connectivity index (χ0) is 32.3. The monoisotopic (exact) mass is 658 g/mol. The Labute approximate surface area is 287 Å². The Morgan fingerprint density at radius 1 is 0.688 bits per heavy atom. The van der Waals surface area contributed by atoms with Crippen molar-refractivity contribution in [2.75, 3.05) is 0 Å². The number of rotatable bonds is 4. The summed E-state index contributed by atoms with van der Waals surface area (Å²) >= 11 is 1.58.